The van der Waals surface area contributed by atoms with E-state index in [1.807, 2.05) is 17.7 Å². The fourth-order valence-corrected chi connectivity index (χ4v) is 2.78. The average molecular weight is 514 g/mol. The molecular weight excluding hydrogens is 483 g/mol. The van der Waals surface area contributed by atoms with E-state index in [1.54, 1.807) is 32.4 Å². The van der Waals surface area contributed by atoms with Crippen molar-refractivity contribution in [3.63, 3.8) is 0 Å². The van der Waals surface area contributed by atoms with Crippen LogP contribution < -0.4 is 20.7 Å². The van der Waals surface area contributed by atoms with E-state index in [9.17, 15) is 4.79 Å². The number of amides is 1. The molecule has 0 atom stereocenters. The van der Waals surface area contributed by atoms with Crippen LogP contribution in [0.4, 0.5) is 0 Å². The number of nitrogens with one attached hydrogen (secondary N) is 3. The van der Waals surface area contributed by atoms with E-state index in [4.69, 9.17) is 4.74 Å². The van der Waals surface area contributed by atoms with E-state index in [0.717, 1.165) is 25.2 Å². The van der Waals surface area contributed by atoms with Gasteiger partial charge in [0.1, 0.15) is 5.75 Å². The molecule has 0 saturated carbocycles. The number of nitrogens with zero attached hydrogens (tertiary/aromatic N) is 3. The van der Waals surface area contributed by atoms with Crippen LogP contribution in [0.5, 0.6) is 5.75 Å². The Labute approximate surface area is 189 Å². The van der Waals surface area contributed by atoms with Crippen molar-refractivity contribution in [1.29, 1.82) is 0 Å². The fraction of sp³-hybridized carbons (Fsp3) is 0.450. The Morgan fingerprint density at radius 3 is 2.52 bits per heavy atom. The van der Waals surface area contributed by atoms with E-state index in [-0.39, 0.29) is 29.9 Å². The third-order valence-electron chi connectivity index (χ3n) is 4.20. The number of hydrogen-bond acceptors (Lipinski definition) is 4. The van der Waals surface area contributed by atoms with Gasteiger partial charge in [0.15, 0.2) is 5.96 Å². The van der Waals surface area contributed by atoms with Crippen LogP contribution in [0, 0.1) is 13.8 Å². The van der Waals surface area contributed by atoms with Crippen LogP contribution in [0.2, 0.25) is 0 Å². The Hall–Kier alpha value is -2.30. The number of halogens is 1. The van der Waals surface area contributed by atoms with Crippen LogP contribution in [0.15, 0.2) is 35.3 Å². The highest BCUT2D eigenvalue weighted by Gasteiger charge is 2.06. The number of hydrogen-bond donors (Lipinski definition) is 3. The predicted molar refractivity (Wildman–Crippen MR) is 126 cm³/mol. The van der Waals surface area contributed by atoms with Gasteiger partial charge in [0.2, 0.25) is 0 Å². The molecule has 2 rings (SSSR count). The molecular formula is C20H31IN6O2. The molecule has 0 radical (unpaired) electrons. The second-order valence-electron chi connectivity index (χ2n) is 6.42. The van der Waals surface area contributed by atoms with Gasteiger partial charge in [-0.15, -0.1) is 24.0 Å². The standard InChI is InChI=1S/C20H30N6O2.HI/c1-15-13-16(2)26(25-15)12-6-9-23-20(21-3)24-11-10-22-19(27)17-7-5-8-18(14-17)28-4;/h5,7-8,13-14H,6,9-12H2,1-4H3,(H,22,27)(H2,21,23,24);1H. The maximum absolute atomic E-state index is 12.2. The topological polar surface area (TPSA) is 92.6 Å². The molecule has 0 aliphatic rings. The van der Waals surface area contributed by atoms with Gasteiger partial charge in [-0.3, -0.25) is 14.5 Å². The van der Waals surface area contributed by atoms with Gasteiger partial charge in [0.05, 0.1) is 12.8 Å². The van der Waals surface area contributed by atoms with E-state index < -0.39 is 0 Å². The van der Waals surface area contributed by atoms with Crippen molar-refractivity contribution in [1.82, 2.24) is 25.7 Å². The minimum atomic E-state index is -0.131. The first-order valence-corrected chi connectivity index (χ1v) is 9.41. The monoisotopic (exact) mass is 514 g/mol. The van der Waals surface area contributed by atoms with Gasteiger partial charge in [-0.05, 0) is 44.5 Å². The van der Waals surface area contributed by atoms with Crippen LogP contribution in [0.1, 0.15) is 28.2 Å². The van der Waals surface area contributed by atoms with Gasteiger partial charge < -0.3 is 20.7 Å². The third kappa shape index (κ3) is 8.30. The normalized spacial score (nSPS) is 10.8. The summed E-state index contributed by atoms with van der Waals surface area (Å²) in [4.78, 5) is 16.3. The molecule has 0 aliphatic heterocycles. The van der Waals surface area contributed by atoms with E-state index in [0.29, 0.717) is 30.4 Å². The van der Waals surface area contributed by atoms with Crippen molar-refractivity contribution in [3.05, 3.63) is 47.3 Å². The molecule has 0 fully saturated rings. The first kappa shape index (κ1) is 24.7. The molecule has 2 aromatic rings. The molecule has 1 aromatic carbocycles. The number of ether oxygens (including phenoxy) is 1. The minimum absolute atomic E-state index is 0. The zero-order valence-corrected chi connectivity index (χ0v) is 19.8. The molecule has 29 heavy (non-hydrogen) atoms. The second kappa shape index (κ2) is 13.0. The summed E-state index contributed by atoms with van der Waals surface area (Å²) < 4.78 is 7.15. The van der Waals surface area contributed by atoms with Crippen molar-refractivity contribution in [2.75, 3.05) is 33.8 Å². The first-order chi connectivity index (χ1) is 13.5. The van der Waals surface area contributed by atoms with E-state index in [2.05, 4.69) is 39.0 Å². The van der Waals surface area contributed by atoms with Crippen molar-refractivity contribution >= 4 is 35.8 Å². The van der Waals surface area contributed by atoms with E-state index in [1.165, 1.54) is 5.69 Å². The van der Waals surface area contributed by atoms with Gasteiger partial charge in [0, 0.05) is 44.5 Å². The number of methoxy groups -OCH3 is 1. The lowest BCUT2D eigenvalue weighted by molar-refractivity contribution is 0.0954. The lowest BCUT2D eigenvalue weighted by Gasteiger charge is -2.13. The van der Waals surface area contributed by atoms with Crippen molar-refractivity contribution in [3.8, 4) is 5.75 Å². The van der Waals surface area contributed by atoms with Gasteiger partial charge in [-0.1, -0.05) is 6.07 Å². The van der Waals surface area contributed by atoms with E-state index >= 15 is 0 Å². The van der Waals surface area contributed by atoms with Crippen molar-refractivity contribution < 1.29 is 9.53 Å². The summed E-state index contributed by atoms with van der Waals surface area (Å²) in [6, 6.07) is 9.15. The Balaban J connectivity index is 0.00000420. The second-order valence-corrected chi connectivity index (χ2v) is 6.42. The quantitative estimate of drug-likeness (QED) is 0.206. The van der Waals surface area contributed by atoms with Gasteiger partial charge in [0.25, 0.3) is 5.91 Å². The van der Waals surface area contributed by atoms with Crippen LogP contribution in [-0.4, -0.2) is 55.4 Å². The number of aliphatic imine (C=N–C) groups is 1. The average Bonchev–Trinajstić information content (AvgIpc) is 3.03. The summed E-state index contributed by atoms with van der Waals surface area (Å²) in [7, 11) is 3.31. The maximum Gasteiger partial charge on any atom is 0.251 e. The maximum atomic E-state index is 12.2. The third-order valence-corrected chi connectivity index (χ3v) is 4.20. The Kier molecular flexibility index (Phi) is 11.1. The molecule has 0 saturated heterocycles. The first-order valence-electron chi connectivity index (χ1n) is 9.41. The molecule has 0 spiro atoms. The van der Waals surface area contributed by atoms with Crippen LogP contribution in [0.25, 0.3) is 0 Å². The molecule has 1 amide bonds. The molecule has 160 valence electrons. The molecule has 0 aliphatic carbocycles. The SMILES string of the molecule is CN=C(NCCCn1nc(C)cc1C)NCCNC(=O)c1cccc(OC)c1.I. The lowest BCUT2D eigenvalue weighted by Crippen LogP contribution is -2.42. The highest BCUT2D eigenvalue weighted by atomic mass is 127. The largest absolute Gasteiger partial charge is 0.497 e. The van der Waals surface area contributed by atoms with Gasteiger partial charge in [-0.25, -0.2) is 0 Å². The van der Waals surface area contributed by atoms with Gasteiger partial charge in [-0.2, -0.15) is 5.10 Å². The van der Waals surface area contributed by atoms with Crippen molar-refractivity contribution in [2.24, 2.45) is 4.99 Å². The molecule has 8 nitrogen and oxygen atoms in total. The molecule has 1 aromatic heterocycles. The fourth-order valence-electron chi connectivity index (χ4n) is 2.78. The molecule has 9 heteroatoms. The number of rotatable bonds is 9. The number of carbonyl (C=O) groups excluding carboxylic acids is 1. The lowest BCUT2D eigenvalue weighted by atomic mass is 10.2. The zero-order chi connectivity index (χ0) is 20.4. The summed E-state index contributed by atoms with van der Waals surface area (Å²) in [6.07, 6.45) is 0.940. The van der Waals surface area contributed by atoms with Crippen LogP contribution in [-0.2, 0) is 6.54 Å². The summed E-state index contributed by atoms with van der Waals surface area (Å²) in [5, 5.41) is 13.8. The summed E-state index contributed by atoms with van der Waals surface area (Å²) in [5.41, 5.74) is 2.79. The molecule has 3 N–H and O–H groups in total. The Bertz CT molecular complexity index is 806. The number of benzene rings is 1. The molecule has 0 bridgehead atoms. The smallest absolute Gasteiger partial charge is 0.251 e. The van der Waals surface area contributed by atoms with Crippen molar-refractivity contribution in [2.45, 2.75) is 26.8 Å². The Morgan fingerprint density at radius 2 is 1.86 bits per heavy atom. The molecule has 0 unspecified atom stereocenters. The minimum Gasteiger partial charge on any atom is -0.497 e. The summed E-state index contributed by atoms with van der Waals surface area (Å²) in [5.74, 6) is 1.24. The Morgan fingerprint density at radius 1 is 1.14 bits per heavy atom. The summed E-state index contributed by atoms with van der Waals surface area (Å²) in [6.45, 7) is 6.78. The number of aromatic nitrogens is 2. The predicted octanol–water partition coefficient (Wildman–Crippen LogP) is 2.11. The summed E-state index contributed by atoms with van der Waals surface area (Å²) >= 11 is 0. The zero-order valence-electron chi connectivity index (χ0n) is 17.5. The number of guanidine groups is 1. The molecule has 1 heterocycles. The number of aryl methyl sites for hydroxylation is 3. The number of carbonyl (C=O) groups is 1. The highest BCUT2D eigenvalue weighted by Crippen LogP contribution is 2.12. The highest BCUT2D eigenvalue weighted by molar-refractivity contribution is 14.0. The van der Waals surface area contributed by atoms with Gasteiger partial charge >= 0.3 is 0 Å². The van der Waals surface area contributed by atoms with Crippen LogP contribution in [0.3, 0.4) is 0 Å². The van der Waals surface area contributed by atoms with Crippen LogP contribution >= 0.6 is 24.0 Å².